The lowest BCUT2D eigenvalue weighted by molar-refractivity contribution is 0.0927. The van der Waals surface area contributed by atoms with Gasteiger partial charge in [0.05, 0.1) is 5.56 Å². The molecule has 1 fully saturated rings. The van der Waals surface area contributed by atoms with Crippen molar-refractivity contribution in [2.75, 3.05) is 24.3 Å². The molecule has 2 aromatic rings. The lowest BCUT2D eigenvalue weighted by atomic mass is 9.87. The van der Waals surface area contributed by atoms with Gasteiger partial charge in [0.2, 0.25) is 0 Å². The monoisotopic (exact) mass is 421 g/mol. The van der Waals surface area contributed by atoms with Crippen LogP contribution in [0, 0.1) is 0 Å². The smallest absolute Gasteiger partial charge is 0.255 e. The summed E-state index contributed by atoms with van der Waals surface area (Å²) in [7, 11) is 3.84. The van der Waals surface area contributed by atoms with Gasteiger partial charge in [-0.15, -0.1) is 0 Å². The average Bonchev–Trinajstić information content (AvgIpc) is 2.73. The molecule has 2 N–H and O–H groups in total. The van der Waals surface area contributed by atoms with Crippen molar-refractivity contribution < 1.29 is 9.59 Å². The van der Waals surface area contributed by atoms with Crippen LogP contribution in [0.25, 0.3) is 0 Å². The maximum atomic E-state index is 13.0. The minimum absolute atomic E-state index is 0.0393. The van der Waals surface area contributed by atoms with Gasteiger partial charge in [0.15, 0.2) is 0 Å². The van der Waals surface area contributed by atoms with E-state index in [1.54, 1.807) is 6.07 Å². The quantitative estimate of drug-likeness (QED) is 0.683. The van der Waals surface area contributed by atoms with Crippen LogP contribution in [-0.4, -0.2) is 32.0 Å². The standard InChI is InChI=1S/C26H35N3O2/c1-26(2,3)19-13-11-18(12-14-19)24(30)28-21-15-16-23(29(4)5)22(17-21)25(31)27-20-9-7-6-8-10-20/h11-17,20H,6-10H2,1-5H3,(H,27,31)(H,28,30). The molecule has 1 saturated carbocycles. The molecule has 0 heterocycles. The van der Waals surface area contributed by atoms with Gasteiger partial charge in [-0.25, -0.2) is 0 Å². The Labute approximate surface area is 186 Å². The van der Waals surface area contributed by atoms with E-state index in [0.29, 0.717) is 16.8 Å². The molecule has 166 valence electrons. The molecule has 2 amide bonds. The lowest BCUT2D eigenvalue weighted by Gasteiger charge is -2.24. The van der Waals surface area contributed by atoms with E-state index in [1.807, 2.05) is 55.4 Å². The topological polar surface area (TPSA) is 61.4 Å². The third kappa shape index (κ3) is 5.87. The normalized spacial score (nSPS) is 14.7. The summed E-state index contributed by atoms with van der Waals surface area (Å²) in [6.45, 7) is 6.44. The largest absolute Gasteiger partial charge is 0.377 e. The van der Waals surface area contributed by atoms with Crippen molar-refractivity contribution in [3.05, 3.63) is 59.2 Å². The Hall–Kier alpha value is -2.82. The highest BCUT2D eigenvalue weighted by Gasteiger charge is 2.20. The summed E-state index contributed by atoms with van der Waals surface area (Å²) in [6, 6.07) is 13.4. The van der Waals surface area contributed by atoms with Crippen LogP contribution in [0.15, 0.2) is 42.5 Å². The number of nitrogens with zero attached hydrogens (tertiary/aromatic N) is 1. The van der Waals surface area contributed by atoms with Gasteiger partial charge in [-0.3, -0.25) is 9.59 Å². The summed E-state index contributed by atoms with van der Waals surface area (Å²) in [4.78, 5) is 27.7. The van der Waals surface area contributed by atoms with Crippen molar-refractivity contribution in [2.24, 2.45) is 0 Å². The number of hydrogen-bond donors (Lipinski definition) is 2. The predicted octanol–water partition coefficient (Wildman–Crippen LogP) is 5.36. The number of rotatable bonds is 5. The van der Waals surface area contributed by atoms with Crippen molar-refractivity contribution in [1.82, 2.24) is 5.32 Å². The molecule has 0 saturated heterocycles. The number of amides is 2. The van der Waals surface area contributed by atoms with Gasteiger partial charge >= 0.3 is 0 Å². The van der Waals surface area contributed by atoms with E-state index in [2.05, 4.69) is 31.4 Å². The summed E-state index contributed by atoms with van der Waals surface area (Å²) in [5, 5.41) is 6.13. The highest BCUT2D eigenvalue weighted by Crippen LogP contribution is 2.26. The summed E-state index contributed by atoms with van der Waals surface area (Å²) in [5.41, 5.74) is 3.85. The number of anilines is 2. The number of benzene rings is 2. The lowest BCUT2D eigenvalue weighted by Crippen LogP contribution is -2.36. The van der Waals surface area contributed by atoms with Crippen molar-refractivity contribution in [1.29, 1.82) is 0 Å². The molecule has 0 spiro atoms. The summed E-state index contributed by atoms with van der Waals surface area (Å²) in [5.74, 6) is -0.266. The van der Waals surface area contributed by atoms with Crippen molar-refractivity contribution in [2.45, 2.75) is 64.3 Å². The van der Waals surface area contributed by atoms with E-state index < -0.39 is 0 Å². The van der Waals surface area contributed by atoms with E-state index in [-0.39, 0.29) is 23.3 Å². The van der Waals surface area contributed by atoms with Crippen LogP contribution in [0.5, 0.6) is 0 Å². The first-order chi connectivity index (χ1) is 14.6. The van der Waals surface area contributed by atoms with E-state index in [4.69, 9.17) is 0 Å². The molecular weight excluding hydrogens is 386 g/mol. The first-order valence-corrected chi connectivity index (χ1v) is 11.2. The van der Waals surface area contributed by atoms with Crippen LogP contribution in [0.4, 0.5) is 11.4 Å². The highest BCUT2D eigenvalue weighted by molar-refractivity contribution is 6.06. The number of carbonyl (C=O) groups is 2. The predicted molar refractivity (Wildman–Crippen MR) is 128 cm³/mol. The fourth-order valence-corrected chi connectivity index (χ4v) is 4.02. The van der Waals surface area contributed by atoms with Crippen LogP contribution in [-0.2, 0) is 5.41 Å². The molecule has 0 aliphatic heterocycles. The van der Waals surface area contributed by atoms with Gasteiger partial charge < -0.3 is 15.5 Å². The molecule has 3 rings (SSSR count). The minimum Gasteiger partial charge on any atom is -0.377 e. The first-order valence-electron chi connectivity index (χ1n) is 11.2. The Morgan fingerprint density at radius 1 is 0.903 bits per heavy atom. The maximum absolute atomic E-state index is 13.0. The number of nitrogens with one attached hydrogen (secondary N) is 2. The molecule has 5 nitrogen and oxygen atoms in total. The molecule has 31 heavy (non-hydrogen) atoms. The molecule has 0 aromatic heterocycles. The number of carbonyl (C=O) groups excluding carboxylic acids is 2. The Bertz CT molecular complexity index is 921. The summed E-state index contributed by atoms with van der Waals surface area (Å²) < 4.78 is 0. The van der Waals surface area contributed by atoms with E-state index in [0.717, 1.165) is 31.4 Å². The summed E-state index contributed by atoms with van der Waals surface area (Å²) in [6.07, 6.45) is 5.63. The van der Waals surface area contributed by atoms with E-state index in [1.165, 1.54) is 12.0 Å². The van der Waals surface area contributed by atoms with Gasteiger partial charge in [0.1, 0.15) is 0 Å². The zero-order chi connectivity index (χ0) is 22.6. The number of hydrogen-bond acceptors (Lipinski definition) is 3. The second-order valence-corrected chi connectivity index (χ2v) is 9.72. The summed E-state index contributed by atoms with van der Waals surface area (Å²) >= 11 is 0. The van der Waals surface area contributed by atoms with E-state index in [9.17, 15) is 9.59 Å². The molecule has 0 unspecified atom stereocenters. The zero-order valence-electron chi connectivity index (χ0n) is 19.4. The van der Waals surface area contributed by atoms with Crippen LogP contribution in [0.3, 0.4) is 0 Å². The minimum atomic E-state index is -0.184. The van der Waals surface area contributed by atoms with Crippen LogP contribution >= 0.6 is 0 Å². The van der Waals surface area contributed by atoms with Crippen LogP contribution in [0.2, 0.25) is 0 Å². The molecule has 0 atom stereocenters. The van der Waals surface area contributed by atoms with Gasteiger partial charge in [0.25, 0.3) is 11.8 Å². The van der Waals surface area contributed by atoms with Crippen molar-refractivity contribution >= 4 is 23.2 Å². The molecule has 1 aliphatic rings. The van der Waals surface area contributed by atoms with E-state index >= 15 is 0 Å². The highest BCUT2D eigenvalue weighted by atomic mass is 16.2. The van der Waals surface area contributed by atoms with Crippen LogP contribution < -0.4 is 15.5 Å². The van der Waals surface area contributed by atoms with Gasteiger partial charge in [0, 0.05) is 37.1 Å². The fraction of sp³-hybridized carbons (Fsp3) is 0.462. The Kier molecular flexibility index (Phi) is 7.04. The Morgan fingerprint density at radius 3 is 2.13 bits per heavy atom. The third-order valence-electron chi connectivity index (χ3n) is 5.93. The molecule has 0 radical (unpaired) electrons. The van der Waals surface area contributed by atoms with Gasteiger partial charge in [-0.1, -0.05) is 52.2 Å². The molecule has 5 heteroatoms. The fourth-order valence-electron chi connectivity index (χ4n) is 4.02. The van der Waals surface area contributed by atoms with Crippen molar-refractivity contribution in [3.63, 3.8) is 0 Å². The molecular formula is C26H35N3O2. The maximum Gasteiger partial charge on any atom is 0.255 e. The SMILES string of the molecule is CN(C)c1ccc(NC(=O)c2ccc(C(C)(C)C)cc2)cc1C(=O)NC1CCCCC1. The molecule has 1 aliphatic carbocycles. The third-order valence-corrected chi connectivity index (χ3v) is 5.93. The average molecular weight is 422 g/mol. The second kappa shape index (κ2) is 9.54. The first kappa shape index (κ1) is 22.9. The van der Waals surface area contributed by atoms with Crippen LogP contribution in [0.1, 0.15) is 79.2 Å². The molecule has 2 aromatic carbocycles. The Balaban J connectivity index is 1.77. The zero-order valence-corrected chi connectivity index (χ0v) is 19.4. The van der Waals surface area contributed by atoms with Crippen molar-refractivity contribution in [3.8, 4) is 0 Å². The van der Waals surface area contributed by atoms with Gasteiger partial charge in [-0.2, -0.15) is 0 Å². The molecule has 0 bridgehead atoms. The van der Waals surface area contributed by atoms with Gasteiger partial charge in [-0.05, 0) is 54.2 Å². The second-order valence-electron chi connectivity index (χ2n) is 9.72. The Morgan fingerprint density at radius 2 is 1.55 bits per heavy atom.